The molecule has 0 spiro atoms. The van der Waals surface area contributed by atoms with Crippen molar-refractivity contribution < 1.29 is 4.74 Å². The molecule has 0 unspecified atom stereocenters. The van der Waals surface area contributed by atoms with Gasteiger partial charge in [0, 0.05) is 24.8 Å². The quantitative estimate of drug-likeness (QED) is 0.656. The molecule has 0 aliphatic heterocycles. The van der Waals surface area contributed by atoms with Gasteiger partial charge in [0.2, 0.25) is 0 Å². The summed E-state index contributed by atoms with van der Waals surface area (Å²) < 4.78 is 5.81. The number of nitrogens with one attached hydrogen (secondary N) is 1. The number of nitrogens with zero attached hydrogens (tertiary/aromatic N) is 1. The fourth-order valence-corrected chi connectivity index (χ4v) is 2.08. The first-order valence-electron chi connectivity index (χ1n) is 7.50. The summed E-state index contributed by atoms with van der Waals surface area (Å²) in [5.41, 5.74) is 1.25. The molecule has 3 nitrogen and oxygen atoms in total. The van der Waals surface area contributed by atoms with Gasteiger partial charge in [-0.25, -0.2) is 0 Å². The van der Waals surface area contributed by atoms with E-state index < -0.39 is 0 Å². The van der Waals surface area contributed by atoms with Crippen molar-refractivity contribution >= 4 is 5.69 Å². The van der Waals surface area contributed by atoms with E-state index in [1.54, 1.807) is 0 Å². The molecule has 1 aromatic rings. The van der Waals surface area contributed by atoms with Crippen LogP contribution >= 0.6 is 0 Å². The Morgan fingerprint density at radius 3 is 2.58 bits per heavy atom. The number of anilines is 1. The van der Waals surface area contributed by atoms with Gasteiger partial charge in [0.1, 0.15) is 5.75 Å². The molecule has 1 N–H and O–H groups in total. The van der Waals surface area contributed by atoms with Crippen LogP contribution in [0.2, 0.25) is 0 Å². The summed E-state index contributed by atoms with van der Waals surface area (Å²) >= 11 is 0. The molecule has 0 bridgehead atoms. The monoisotopic (exact) mass is 264 g/mol. The SMILES string of the molecule is CCNCCCCOc1cccc(N(CC)CC)c1. The van der Waals surface area contributed by atoms with Crippen molar-refractivity contribution in [1.29, 1.82) is 0 Å². The van der Waals surface area contributed by atoms with Crippen molar-refractivity contribution in [3.63, 3.8) is 0 Å². The van der Waals surface area contributed by atoms with E-state index >= 15 is 0 Å². The number of ether oxygens (including phenoxy) is 1. The molecule has 0 amide bonds. The molecule has 1 rings (SSSR count). The van der Waals surface area contributed by atoms with Gasteiger partial charge in [0.05, 0.1) is 6.61 Å². The molecule has 0 aromatic heterocycles. The van der Waals surface area contributed by atoms with Gasteiger partial charge >= 0.3 is 0 Å². The molecule has 0 atom stereocenters. The van der Waals surface area contributed by atoms with E-state index in [1.807, 2.05) is 6.07 Å². The number of unbranched alkanes of at least 4 members (excludes halogenated alkanes) is 1. The highest BCUT2D eigenvalue weighted by atomic mass is 16.5. The van der Waals surface area contributed by atoms with Crippen molar-refractivity contribution in [2.75, 3.05) is 37.7 Å². The summed E-state index contributed by atoms with van der Waals surface area (Å²) in [4.78, 5) is 2.33. The summed E-state index contributed by atoms with van der Waals surface area (Å²) in [7, 11) is 0. The van der Waals surface area contributed by atoms with Crippen LogP contribution in [0.5, 0.6) is 5.75 Å². The molecule has 19 heavy (non-hydrogen) atoms. The molecule has 1 aromatic carbocycles. The average Bonchev–Trinajstić information content (AvgIpc) is 2.45. The minimum Gasteiger partial charge on any atom is -0.494 e. The van der Waals surface area contributed by atoms with Crippen molar-refractivity contribution in [2.45, 2.75) is 33.6 Å². The highest BCUT2D eigenvalue weighted by Gasteiger charge is 2.02. The third-order valence-electron chi connectivity index (χ3n) is 3.21. The molecule has 0 saturated heterocycles. The standard InChI is InChI=1S/C16H28N2O/c1-4-17-12-7-8-13-19-16-11-9-10-15(14-16)18(5-2)6-3/h9-11,14,17H,4-8,12-13H2,1-3H3. The second-order valence-electron chi connectivity index (χ2n) is 4.58. The normalized spacial score (nSPS) is 10.5. The molecule has 0 heterocycles. The van der Waals surface area contributed by atoms with Crippen LogP contribution in [0.15, 0.2) is 24.3 Å². The number of hydrogen-bond acceptors (Lipinski definition) is 3. The van der Waals surface area contributed by atoms with E-state index in [1.165, 1.54) is 12.1 Å². The zero-order chi connectivity index (χ0) is 13.9. The summed E-state index contributed by atoms with van der Waals surface area (Å²) in [6.07, 6.45) is 2.27. The molecule has 0 aliphatic carbocycles. The Bertz CT molecular complexity index is 337. The number of benzene rings is 1. The Morgan fingerprint density at radius 1 is 1.11 bits per heavy atom. The van der Waals surface area contributed by atoms with Crippen molar-refractivity contribution in [1.82, 2.24) is 5.32 Å². The Hall–Kier alpha value is -1.22. The molecule has 0 fully saturated rings. The van der Waals surface area contributed by atoms with Crippen molar-refractivity contribution in [2.24, 2.45) is 0 Å². The van der Waals surface area contributed by atoms with Gasteiger partial charge in [-0.2, -0.15) is 0 Å². The van der Waals surface area contributed by atoms with E-state index in [4.69, 9.17) is 4.74 Å². The van der Waals surface area contributed by atoms with Crippen LogP contribution in [-0.4, -0.2) is 32.8 Å². The third-order valence-corrected chi connectivity index (χ3v) is 3.21. The summed E-state index contributed by atoms with van der Waals surface area (Å²) in [6, 6.07) is 8.39. The summed E-state index contributed by atoms with van der Waals surface area (Å²) in [6.45, 7) is 11.5. The predicted octanol–water partition coefficient (Wildman–Crippen LogP) is 3.30. The van der Waals surface area contributed by atoms with Crippen LogP contribution in [0.25, 0.3) is 0 Å². The fourth-order valence-electron chi connectivity index (χ4n) is 2.08. The molecule has 3 heteroatoms. The maximum atomic E-state index is 5.81. The average molecular weight is 264 g/mol. The zero-order valence-corrected chi connectivity index (χ0v) is 12.6. The van der Waals surface area contributed by atoms with Crippen molar-refractivity contribution in [3.05, 3.63) is 24.3 Å². The number of rotatable bonds is 10. The second-order valence-corrected chi connectivity index (χ2v) is 4.58. The van der Waals surface area contributed by atoms with Crippen LogP contribution in [0.3, 0.4) is 0 Å². The third kappa shape index (κ3) is 5.97. The Morgan fingerprint density at radius 2 is 1.89 bits per heavy atom. The van der Waals surface area contributed by atoms with Gasteiger partial charge < -0.3 is 15.0 Å². The van der Waals surface area contributed by atoms with Gasteiger partial charge in [-0.3, -0.25) is 0 Å². The number of hydrogen-bond donors (Lipinski definition) is 1. The lowest BCUT2D eigenvalue weighted by Gasteiger charge is -2.21. The molecule has 0 saturated carbocycles. The Balaban J connectivity index is 2.35. The minimum absolute atomic E-state index is 0.799. The first-order chi connectivity index (χ1) is 9.31. The van der Waals surface area contributed by atoms with Crippen LogP contribution in [0, 0.1) is 0 Å². The maximum Gasteiger partial charge on any atom is 0.121 e. The molecule has 108 valence electrons. The molecular weight excluding hydrogens is 236 g/mol. The van der Waals surface area contributed by atoms with Crippen LogP contribution in [-0.2, 0) is 0 Å². The largest absolute Gasteiger partial charge is 0.494 e. The van der Waals surface area contributed by atoms with Crippen LogP contribution in [0.4, 0.5) is 5.69 Å². The highest BCUT2D eigenvalue weighted by Crippen LogP contribution is 2.21. The lowest BCUT2D eigenvalue weighted by Crippen LogP contribution is -2.21. The first-order valence-corrected chi connectivity index (χ1v) is 7.50. The topological polar surface area (TPSA) is 24.5 Å². The minimum atomic E-state index is 0.799. The van der Waals surface area contributed by atoms with Gasteiger partial charge in [-0.15, -0.1) is 0 Å². The van der Waals surface area contributed by atoms with Gasteiger partial charge in [-0.1, -0.05) is 13.0 Å². The second kappa shape index (κ2) is 9.68. The van der Waals surface area contributed by atoms with E-state index in [0.29, 0.717) is 0 Å². The first kappa shape index (κ1) is 15.8. The smallest absolute Gasteiger partial charge is 0.121 e. The van der Waals surface area contributed by atoms with E-state index in [-0.39, 0.29) is 0 Å². The van der Waals surface area contributed by atoms with Gasteiger partial charge in [0.25, 0.3) is 0 Å². The summed E-state index contributed by atoms with van der Waals surface area (Å²) in [5.74, 6) is 0.979. The lowest BCUT2D eigenvalue weighted by atomic mass is 10.2. The zero-order valence-electron chi connectivity index (χ0n) is 12.6. The lowest BCUT2D eigenvalue weighted by molar-refractivity contribution is 0.306. The van der Waals surface area contributed by atoms with Crippen molar-refractivity contribution in [3.8, 4) is 5.75 Å². The summed E-state index contributed by atoms with van der Waals surface area (Å²) in [5, 5.41) is 3.32. The van der Waals surface area contributed by atoms with Gasteiger partial charge in [-0.05, 0) is 51.9 Å². The van der Waals surface area contributed by atoms with Gasteiger partial charge in [0.15, 0.2) is 0 Å². The molecule has 0 aliphatic rings. The Kier molecular flexibility index (Phi) is 8.07. The Labute approximate surface area is 118 Å². The maximum absolute atomic E-state index is 5.81. The van der Waals surface area contributed by atoms with E-state index in [0.717, 1.165) is 45.0 Å². The molecule has 0 radical (unpaired) electrons. The highest BCUT2D eigenvalue weighted by molar-refractivity contribution is 5.50. The molecular formula is C16H28N2O. The predicted molar refractivity (Wildman–Crippen MR) is 83.3 cm³/mol. The fraction of sp³-hybridized carbons (Fsp3) is 0.625. The van der Waals surface area contributed by atoms with E-state index in [9.17, 15) is 0 Å². The van der Waals surface area contributed by atoms with Crippen LogP contribution in [0.1, 0.15) is 33.6 Å². The van der Waals surface area contributed by atoms with Crippen LogP contribution < -0.4 is 15.0 Å². The van der Waals surface area contributed by atoms with E-state index in [2.05, 4.69) is 49.2 Å².